The van der Waals surface area contributed by atoms with Crippen molar-refractivity contribution < 1.29 is 24.2 Å². The van der Waals surface area contributed by atoms with E-state index in [9.17, 15) is 9.59 Å². The Hall–Kier alpha value is -1.60. The van der Waals surface area contributed by atoms with Gasteiger partial charge in [0, 0.05) is 24.6 Å². The summed E-state index contributed by atoms with van der Waals surface area (Å²) in [6.45, 7) is 2.31. The molecular formula is C14H19NO5S. The molecule has 116 valence electrons. The largest absolute Gasteiger partial charge is 0.495 e. The van der Waals surface area contributed by atoms with Gasteiger partial charge in [-0.3, -0.25) is 9.59 Å². The number of aliphatic carboxylic acids is 1. The fourth-order valence-electron chi connectivity index (χ4n) is 2.61. The summed E-state index contributed by atoms with van der Waals surface area (Å²) in [7, 11) is 3.10. The van der Waals surface area contributed by atoms with E-state index in [1.165, 1.54) is 18.4 Å². The molecule has 1 aliphatic rings. The van der Waals surface area contributed by atoms with Crippen LogP contribution in [0.3, 0.4) is 0 Å². The van der Waals surface area contributed by atoms with Gasteiger partial charge >= 0.3 is 5.97 Å². The van der Waals surface area contributed by atoms with Crippen LogP contribution in [-0.2, 0) is 9.53 Å². The Bertz CT molecular complexity index is 541. The lowest BCUT2D eigenvalue weighted by Gasteiger charge is -2.22. The predicted octanol–water partition coefficient (Wildman–Crippen LogP) is 1.77. The molecule has 1 saturated heterocycles. The summed E-state index contributed by atoms with van der Waals surface area (Å²) in [4.78, 5) is 26.8. The van der Waals surface area contributed by atoms with Gasteiger partial charge in [0.05, 0.1) is 19.6 Å². The standard InChI is InChI=1S/C14H19NO5S/c1-8-4-11(20-3)13(21-8)14(18)15-7-10(19-2)5-9(15)6-12(16)17/h4,9-10H,5-7H2,1-3H3,(H,16,17). The van der Waals surface area contributed by atoms with Crippen LogP contribution in [0.5, 0.6) is 5.75 Å². The van der Waals surface area contributed by atoms with E-state index < -0.39 is 5.97 Å². The number of ether oxygens (including phenoxy) is 2. The average molecular weight is 313 g/mol. The van der Waals surface area contributed by atoms with E-state index in [0.29, 0.717) is 23.6 Å². The summed E-state index contributed by atoms with van der Waals surface area (Å²) in [6, 6.07) is 1.47. The Morgan fingerprint density at radius 3 is 2.76 bits per heavy atom. The number of carbonyl (C=O) groups is 2. The van der Waals surface area contributed by atoms with Gasteiger partial charge in [0.25, 0.3) is 5.91 Å². The van der Waals surface area contributed by atoms with Crippen molar-refractivity contribution in [3.8, 4) is 5.75 Å². The van der Waals surface area contributed by atoms with Gasteiger partial charge in [-0.1, -0.05) is 0 Å². The molecule has 7 heteroatoms. The van der Waals surface area contributed by atoms with Crippen molar-refractivity contribution in [2.45, 2.75) is 31.9 Å². The van der Waals surface area contributed by atoms with Crippen LogP contribution in [-0.4, -0.2) is 54.8 Å². The first-order chi connectivity index (χ1) is 9.96. The number of amides is 1. The minimum atomic E-state index is -0.913. The molecule has 1 amide bonds. The molecule has 0 radical (unpaired) electrons. The summed E-state index contributed by atoms with van der Waals surface area (Å²) in [5, 5.41) is 9.01. The second-order valence-electron chi connectivity index (χ2n) is 5.06. The zero-order chi connectivity index (χ0) is 15.6. The number of nitrogens with zero attached hydrogens (tertiary/aromatic N) is 1. The highest BCUT2D eigenvalue weighted by atomic mass is 32.1. The first-order valence-electron chi connectivity index (χ1n) is 6.66. The molecule has 21 heavy (non-hydrogen) atoms. The van der Waals surface area contributed by atoms with Gasteiger partial charge in [0.2, 0.25) is 0 Å². The zero-order valence-electron chi connectivity index (χ0n) is 12.3. The topological polar surface area (TPSA) is 76.1 Å². The highest BCUT2D eigenvalue weighted by Gasteiger charge is 2.38. The molecule has 2 rings (SSSR count). The number of carboxylic acid groups (broad SMARTS) is 1. The molecule has 1 fully saturated rings. The Morgan fingerprint density at radius 2 is 2.19 bits per heavy atom. The van der Waals surface area contributed by atoms with Gasteiger partial charge in [0.1, 0.15) is 10.6 Å². The molecule has 2 heterocycles. The third-order valence-corrected chi connectivity index (χ3v) is 4.64. The molecule has 1 aromatic heterocycles. The summed E-state index contributed by atoms with van der Waals surface area (Å²) in [5.74, 6) is -0.558. The molecule has 2 atom stereocenters. The average Bonchev–Trinajstić information content (AvgIpc) is 3.00. The molecule has 1 N–H and O–H groups in total. The van der Waals surface area contributed by atoms with Crippen molar-refractivity contribution >= 4 is 23.2 Å². The van der Waals surface area contributed by atoms with Gasteiger partial charge in [-0.05, 0) is 19.4 Å². The Balaban J connectivity index is 2.24. The fraction of sp³-hybridized carbons (Fsp3) is 0.571. The summed E-state index contributed by atoms with van der Waals surface area (Å²) < 4.78 is 10.5. The second-order valence-corrected chi connectivity index (χ2v) is 6.31. The number of carboxylic acids is 1. The molecule has 0 aromatic carbocycles. The van der Waals surface area contributed by atoms with E-state index in [-0.39, 0.29) is 24.5 Å². The Kier molecular flexibility index (Phi) is 4.84. The third-order valence-electron chi connectivity index (χ3n) is 3.62. The lowest BCUT2D eigenvalue weighted by Crippen LogP contribution is -2.37. The molecule has 0 saturated carbocycles. The number of hydrogen-bond donors (Lipinski definition) is 1. The molecule has 6 nitrogen and oxygen atoms in total. The van der Waals surface area contributed by atoms with Crippen LogP contribution in [0.2, 0.25) is 0 Å². The predicted molar refractivity (Wildman–Crippen MR) is 78.1 cm³/mol. The zero-order valence-corrected chi connectivity index (χ0v) is 13.1. The number of thiophene rings is 1. The van der Waals surface area contributed by atoms with E-state index in [1.54, 1.807) is 12.0 Å². The van der Waals surface area contributed by atoms with Gasteiger partial charge < -0.3 is 19.5 Å². The Labute approximate surface area is 127 Å². The number of hydrogen-bond acceptors (Lipinski definition) is 5. The first kappa shape index (κ1) is 15.8. The lowest BCUT2D eigenvalue weighted by atomic mass is 10.1. The van der Waals surface area contributed by atoms with Crippen LogP contribution in [0.15, 0.2) is 6.07 Å². The Morgan fingerprint density at radius 1 is 1.48 bits per heavy atom. The fourth-order valence-corrected chi connectivity index (χ4v) is 3.55. The van der Waals surface area contributed by atoms with Crippen LogP contribution in [0, 0.1) is 6.92 Å². The van der Waals surface area contributed by atoms with Crippen LogP contribution in [0.4, 0.5) is 0 Å². The quantitative estimate of drug-likeness (QED) is 0.896. The highest BCUT2D eigenvalue weighted by Crippen LogP contribution is 2.33. The molecule has 0 spiro atoms. The van der Waals surface area contributed by atoms with Crippen molar-refractivity contribution in [1.29, 1.82) is 0 Å². The van der Waals surface area contributed by atoms with E-state index in [1.807, 2.05) is 13.0 Å². The normalized spacial score (nSPS) is 21.6. The second kappa shape index (κ2) is 6.44. The van der Waals surface area contributed by atoms with Crippen molar-refractivity contribution in [2.75, 3.05) is 20.8 Å². The van der Waals surface area contributed by atoms with Crippen molar-refractivity contribution in [3.63, 3.8) is 0 Å². The number of carbonyl (C=O) groups excluding carboxylic acids is 1. The number of likely N-dealkylation sites (tertiary alicyclic amines) is 1. The maximum atomic E-state index is 12.7. The monoisotopic (exact) mass is 313 g/mol. The van der Waals surface area contributed by atoms with Crippen LogP contribution >= 0.6 is 11.3 Å². The first-order valence-corrected chi connectivity index (χ1v) is 7.47. The molecule has 1 aromatic rings. The summed E-state index contributed by atoms with van der Waals surface area (Å²) in [5.41, 5.74) is 0. The molecule has 0 bridgehead atoms. The number of aryl methyl sites for hydroxylation is 1. The number of rotatable bonds is 5. The lowest BCUT2D eigenvalue weighted by molar-refractivity contribution is -0.137. The molecule has 2 unspecified atom stereocenters. The van der Waals surface area contributed by atoms with Gasteiger partial charge in [0.15, 0.2) is 0 Å². The summed E-state index contributed by atoms with van der Waals surface area (Å²) >= 11 is 1.36. The third kappa shape index (κ3) is 3.36. The van der Waals surface area contributed by atoms with Gasteiger partial charge in [-0.15, -0.1) is 11.3 Å². The SMILES string of the molecule is COc1cc(C)sc1C(=O)N1CC(OC)CC1CC(=O)O. The maximum absolute atomic E-state index is 12.7. The molecular weight excluding hydrogens is 294 g/mol. The number of methoxy groups -OCH3 is 2. The van der Waals surface area contributed by atoms with E-state index >= 15 is 0 Å². The van der Waals surface area contributed by atoms with Gasteiger partial charge in [-0.2, -0.15) is 0 Å². The van der Waals surface area contributed by atoms with Crippen molar-refractivity contribution in [3.05, 3.63) is 15.8 Å². The van der Waals surface area contributed by atoms with E-state index in [2.05, 4.69) is 0 Å². The van der Waals surface area contributed by atoms with E-state index in [4.69, 9.17) is 14.6 Å². The van der Waals surface area contributed by atoms with Crippen molar-refractivity contribution in [1.82, 2.24) is 4.90 Å². The minimum absolute atomic E-state index is 0.0712. The minimum Gasteiger partial charge on any atom is -0.495 e. The van der Waals surface area contributed by atoms with Gasteiger partial charge in [-0.25, -0.2) is 0 Å². The smallest absolute Gasteiger partial charge is 0.305 e. The molecule has 0 aliphatic carbocycles. The summed E-state index contributed by atoms with van der Waals surface area (Å²) in [6.07, 6.45) is 0.352. The maximum Gasteiger partial charge on any atom is 0.305 e. The van der Waals surface area contributed by atoms with Crippen LogP contribution in [0.1, 0.15) is 27.4 Å². The molecule has 1 aliphatic heterocycles. The van der Waals surface area contributed by atoms with Crippen LogP contribution in [0.25, 0.3) is 0 Å². The highest BCUT2D eigenvalue weighted by molar-refractivity contribution is 7.14. The van der Waals surface area contributed by atoms with E-state index in [0.717, 1.165) is 4.88 Å². The van der Waals surface area contributed by atoms with Crippen molar-refractivity contribution in [2.24, 2.45) is 0 Å². The van der Waals surface area contributed by atoms with Crippen LogP contribution < -0.4 is 4.74 Å².